The van der Waals surface area contributed by atoms with Crippen LogP contribution < -0.4 is 5.32 Å². The Morgan fingerprint density at radius 1 is 1.50 bits per heavy atom. The van der Waals surface area contributed by atoms with Crippen LogP contribution in [0.4, 0.5) is 0 Å². The lowest BCUT2D eigenvalue weighted by Gasteiger charge is -2.14. The molecule has 0 radical (unpaired) electrons. The molecule has 0 spiro atoms. The number of nitrogens with one attached hydrogen (secondary N) is 1. The maximum Gasteiger partial charge on any atom is 0.150 e. The SMILES string of the molecule is CN(Cc1cc2n(n1)CCNC2)Cc1ccno1. The number of aromatic nitrogens is 3. The quantitative estimate of drug-likeness (QED) is 0.857. The number of hydrogen-bond donors (Lipinski definition) is 1. The van der Waals surface area contributed by atoms with E-state index in [4.69, 9.17) is 4.52 Å². The van der Waals surface area contributed by atoms with E-state index in [9.17, 15) is 0 Å². The van der Waals surface area contributed by atoms with Gasteiger partial charge >= 0.3 is 0 Å². The van der Waals surface area contributed by atoms with Gasteiger partial charge in [-0.3, -0.25) is 9.58 Å². The van der Waals surface area contributed by atoms with E-state index in [2.05, 4.69) is 38.3 Å². The average molecular weight is 247 g/mol. The highest BCUT2D eigenvalue weighted by molar-refractivity contribution is 5.11. The van der Waals surface area contributed by atoms with Crippen LogP contribution in [0.15, 0.2) is 22.9 Å². The first-order valence-corrected chi connectivity index (χ1v) is 6.16. The average Bonchev–Trinajstić information content (AvgIpc) is 2.96. The Balaban J connectivity index is 1.63. The van der Waals surface area contributed by atoms with Crippen LogP contribution in [0.2, 0.25) is 0 Å². The summed E-state index contributed by atoms with van der Waals surface area (Å²) in [7, 11) is 2.05. The Morgan fingerprint density at radius 2 is 2.44 bits per heavy atom. The van der Waals surface area contributed by atoms with Gasteiger partial charge in [0.25, 0.3) is 0 Å². The van der Waals surface area contributed by atoms with E-state index in [1.807, 2.05) is 6.07 Å². The molecule has 2 aromatic rings. The summed E-state index contributed by atoms with van der Waals surface area (Å²) in [6.45, 7) is 4.45. The normalized spacial score (nSPS) is 15.0. The summed E-state index contributed by atoms with van der Waals surface area (Å²) in [5.41, 5.74) is 2.38. The molecule has 0 amide bonds. The number of fused-ring (bicyclic) bond motifs is 1. The van der Waals surface area contributed by atoms with Gasteiger partial charge in [0.2, 0.25) is 0 Å². The maximum atomic E-state index is 5.10. The molecule has 0 aromatic carbocycles. The molecule has 0 aliphatic carbocycles. The second-order valence-corrected chi connectivity index (χ2v) is 4.68. The standard InChI is InChI=1S/C12H17N5O/c1-16(9-12-2-3-14-18-12)8-10-6-11-7-13-4-5-17(11)15-10/h2-3,6,13H,4-5,7-9H2,1H3. The van der Waals surface area contributed by atoms with E-state index in [1.54, 1.807) is 6.20 Å². The molecule has 96 valence electrons. The highest BCUT2D eigenvalue weighted by Gasteiger charge is 2.13. The summed E-state index contributed by atoms with van der Waals surface area (Å²) >= 11 is 0. The molecule has 2 aromatic heterocycles. The molecule has 0 saturated carbocycles. The largest absolute Gasteiger partial charge is 0.360 e. The highest BCUT2D eigenvalue weighted by Crippen LogP contribution is 2.11. The molecule has 0 saturated heterocycles. The Bertz CT molecular complexity index is 481. The monoisotopic (exact) mass is 247 g/mol. The number of rotatable bonds is 4. The van der Waals surface area contributed by atoms with E-state index in [-0.39, 0.29) is 0 Å². The smallest absolute Gasteiger partial charge is 0.150 e. The van der Waals surface area contributed by atoms with Crippen molar-refractivity contribution in [2.45, 2.75) is 26.2 Å². The van der Waals surface area contributed by atoms with Gasteiger partial charge in [-0.05, 0) is 13.1 Å². The summed E-state index contributed by atoms with van der Waals surface area (Å²) in [6.07, 6.45) is 1.67. The van der Waals surface area contributed by atoms with E-state index in [0.29, 0.717) is 0 Å². The number of nitrogens with zero attached hydrogens (tertiary/aromatic N) is 4. The van der Waals surface area contributed by atoms with E-state index >= 15 is 0 Å². The first-order chi connectivity index (χ1) is 8.81. The fourth-order valence-electron chi connectivity index (χ4n) is 2.25. The van der Waals surface area contributed by atoms with Crippen LogP contribution in [0.3, 0.4) is 0 Å². The molecule has 0 atom stereocenters. The maximum absolute atomic E-state index is 5.10. The zero-order valence-corrected chi connectivity index (χ0v) is 10.5. The zero-order valence-electron chi connectivity index (χ0n) is 10.5. The molecule has 3 rings (SSSR count). The van der Waals surface area contributed by atoms with Crippen LogP contribution in [-0.4, -0.2) is 33.4 Å². The Labute approximate surface area is 106 Å². The molecule has 3 heterocycles. The van der Waals surface area contributed by atoms with Crippen molar-refractivity contribution >= 4 is 0 Å². The van der Waals surface area contributed by atoms with Crippen LogP contribution in [0.25, 0.3) is 0 Å². The lowest BCUT2D eigenvalue weighted by atomic mass is 10.3. The number of hydrogen-bond acceptors (Lipinski definition) is 5. The van der Waals surface area contributed by atoms with Gasteiger partial charge in [-0.1, -0.05) is 5.16 Å². The lowest BCUT2D eigenvalue weighted by molar-refractivity contribution is 0.263. The highest BCUT2D eigenvalue weighted by atomic mass is 16.5. The predicted octanol–water partition coefficient (Wildman–Crippen LogP) is 0.606. The minimum absolute atomic E-state index is 0.750. The lowest BCUT2D eigenvalue weighted by Crippen LogP contribution is -2.28. The third-order valence-corrected chi connectivity index (χ3v) is 3.07. The molecule has 1 N–H and O–H groups in total. The van der Waals surface area contributed by atoms with Crippen LogP contribution in [0.1, 0.15) is 17.1 Å². The van der Waals surface area contributed by atoms with E-state index < -0.39 is 0 Å². The molecule has 6 nitrogen and oxygen atoms in total. The van der Waals surface area contributed by atoms with Gasteiger partial charge in [-0.25, -0.2) is 0 Å². The molecule has 0 unspecified atom stereocenters. The van der Waals surface area contributed by atoms with Gasteiger partial charge in [-0.15, -0.1) is 0 Å². The Kier molecular flexibility index (Phi) is 3.12. The van der Waals surface area contributed by atoms with Crippen LogP contribution >= 0.6 is 0 Å². The van der Waals surface area contributed by atoms with Gasteiger partial charge < -0.3 is 9.84 Å². The van der Waals surface area contributed by atoms with Crippen molar-refractivity contribution in [1.29, 1.82) is 0 Å². The minimum atomic E-state index is 0.750. The van der Waals surface area contributed by atoms with Gasteiger partial charge in [-0.2, -0.15) is 5.10 Å². The van der Waals surface area contributed by atoms with Gasteiger partial charge in [0, 0.05) is 25.7 Å². The molecule has 6 heteroatoms. The van der Waals surface area contributed by atoms with E-state index in [0.717, 1.165) is 44.2 Å². The van der Waals surface area contributed by atoms with Crippen molar-refractivity contribution in [3.05, 3.63) is 35.5 Å². The molecular weight excluding hydrogens is 230 g/mol. The van der Waals surface area contributed by atoms with Crippen molar-refractivity contribution in [3.8, 4) is 0 Å². The van der Waals surface area contributed by atoms with Crippen molar-refractivity contribution < 1.29 is 4.52 Å². The van der Waals surface area contributed by atoms with Gasteiger partial charge in [0.05, 0.1) is 30.7 Å². The van der Waals surface area contributed by atoms with Crippen molar-refractivity contribution in [2.75, 3.05) is 13.6 Å². The fraction of sp³-hybridized carbons (Fsp3) is 0.500. The van der Waals surface area contributed by atoms with Crippen molar-refractivity contribution in [2.24, 2.45) is 0 Å². The topological polar surface area (TPSA) is 59.1 Å². The molecule has 1 aliphatic rings. The predicted molar refractivity (Wildman–Crippen MR) is 65.6 cm³/mol. The second kappa shape index (κ2) is 4.91. The van der Waals surface area contributed by atoms with Crippen LogP contribution in [0, 0.1) is 0 Å². The molecule has 0 bridgehead atoms. The molecule has 18 heavy (non-hydrogen) atoms. The van der Waals surface area contributed by atoms with Crippen molar-refractivity contribution in [1.82, 2.24) is 25.2 Å². The molecule has 0 fully saturated rings. The molecule has 1 aliphatic heterocycles. The molecular formula is C12H17N5O. The van der Waals surface area contributed by atoms with Gasteiger partial charge in [0.15, 0.2) is 5.76 Å². The van der Waals surface area contributed by atoms with Crippen LogP contribution in [0.5, 0.6) is 0 Å². The summed E-state index contributed by atoms with van der Waals surface area (Å²) in [5.74, 6) is 0.878. The summed E-state index contributed by atoms with van der Waals surface area (Å²) in [4.78, 5) is 2.17. The zero-order chi connectivity index (χ0) is 12.4. The third kappa shape index (κ3) is 2.44. The Morgan fingerprint density at radius 3 is 3.22 bits per heavy atom. The van der Waals surface area contributed by atoms with Crippen molar-refractivity contribution in [3.63, 3.8) is 0 Å². The second-order valence-electron chi connectivity index (χ2n) is 4.68. The van der Waals surface area contributed by atoms with Crippen LogP contribution in [-0.2, 0) is 26.2 Å². The fourth-order valence-corrected chi connectivity index (χ4v) is 2.25. The minimum Gasteiger partial charge on any atom is -0.360 e. The van der Waals surface area contributed by atoms with E-state index in [1.165, 1.54) is 5.69 Å². The van der Waals surface area contributed by atoms with Gasteiger partial charge in [0.1, 0.15) is 0 Å². The first-order valence-electron chi connectivity index (χ1n) is 6.16. The first kappa shape index (κ1) is 11.4. The Hall–Kier alpha value is -1.66. The summed E-state index contributed by atoms with van der Waals surface area (Å²) in [5, 5.41) is 11.7. The summed E-state index contributed by atoms with van der Waals surface area (Å²) < 4.78 is 7.19. The third-order valence-electron chi connectivity index (χ3n) is 3.07. The summed E-state index contributed by atoms with van der Waals surface area (Å²) in [6, 6.07) is 4.06.